The average Bonchev–Trinajstić information content (AvgIpc) is 3.14. The number of carbonyl (C=O) groups is 1. The number of primary amides is 1. The highest BCUT2D eigenvalue weighted by Gasteiger charge is 2.24. The van der Waals surface area contributed by atoms with Crippen LogP contribution in [0, 0.1) is 11.3 Å². The lowest BCUT2D eigenvalue weighted by Gasteiger charge is -2.15. The maximum atomic E-state index is 11.0. The second-order valence-corrected chi connectivity index (χ2v) is 5.78. The number of pyridine rings is 1. The summed E-state index contributed by atoms with van der Waals surface area (Å²) in [5, 5.41) is 9.43. The molecule has 2 heterocycles. The molecule has 0 radical (unpaired) electrons. The Morgan fingerprint density at radius 2 is 2.24 bits per heavy atom. The lowest BCUT2D eigenvalue weighted by molar-refractivity contribution is -0.119. The molecule has 1 fully saturated rings. The van der Waals surface area contributed by atoms with Gasteiger partial charge in [0.05, 0.1) is 17.9 Å². The largest absolute Gasteiger partial charge is 0.483 e. The first kappa shape index (κ1) is 16.7. The van der Waals surface area contributed by atoms with E-state index < -0.39 is 5.91 Å². The van der Waals surface area contributed by atoms with Crippen molar-refractivity contribution in [2.45, 2.75) is 12.3 Å². The molecule has 1 aliphatic heterocycles. The van der Waals surface area contributed by atoms with E-state index in [4.69, 9.17) is 20.9 Å². The topological polar surface area (TPSA) is 124 Å². The number of carbonyl (C=O) groups excluding carboxylic acids is 1. The third-order valence-corrected chi connectivity index (χ3v) is 4.09. The van der Waals surface area contributed by atoms with Gasteiger partial charge in [-0.05, 0) is 30.2 Å². The molecule has 7 nitrogen and oxygen atoms in total. The third-order valence-electron chi connectivity index (χ3n) is 4.09. The number of nitrogens with zero attached hydrogens (tertiary/aromatic N) is 2. The molecule has 1 aromatic carbocycles. The minimum absolute atomic E-state index is 0.109. The molecule has 1 amide bonds. The van der Waals surface area contributed by atoms with Crippen LogP contribution < -0.4 is 16.2 Å². The second kappa shape index (κ2) is 7.20. The second-order valence-electron chi connectivity index (χ2n) is 5.78. The van der Waals surface area contributed by atoms with Crippen molar-refractivity contribution in [1.29, 1.82) is 5.26 Å². The van der Waals surface area contributed by atoms with Crippen LogP contribution in [0.15, 0.2) is 30.3 Å². The lowest BCUT2D eigenvalue weighted by atomic mass is 9.93. The smallest absolute Gasteiger partial charge is 0.255 e. The molecular formula is C18H18N4O3. The Bertz CT molecular complexity index is 839. The summed E-state index contributed by atoms with van der Waals surface area (Å²) in [6.45, 7) is 0.981. The molecule has 2 aromatic rings. The van der Waals surface area contributed by atoms with Gasteiger partial charge in [-0.15, -0.1) is 0 Å². The van der Waals surface area contributed by atoms with Gasteiger partial charge in [-0.25, -0.2) is 4.98 Å². The number of benzene rings is 1. The van der Waals surface area contributed by atoms with Gasteiger partial charge in [0.1, 0.15) is 17.6 Å². The number of amides is 1. The highest BCUT2D eigenvalue weighted by molar-refractivity contribution is 5.76. The van der Waals surface area contributed by atoms with E-state index in [0.717, 1.165) is 12.0 Å². The number of para-hydroxylation sites is 1. The van der Waals surface area contributed by atoms with Gasteiger partial charge in [0.25, 0.3) is 5.91 Å². The van der Waals surface area contributed by atoms with Crippen molar-refractivity contribution in [2.24, 2.45) is 5.73 Å². The molecule has 0 bridgehead atoms. The monoisotopic (exact) mass is 338 g/mol. The summed E-state index contributed by atoms with van der Waals surface area (Å²) in [4.78, 5) is 15.4. The van der Waals surface area contributed by atoms with Gasteiger partial charge in [0.2, 0.25) is 0 Å². The van der Waals surface area contributed by atoms with E-state index in [1.165, 1.54) is 0 Å². The number of aromatic nitrogens is 1. The van der Waals surface area contributed by atoms with E-state index in [1.54, 1.807) is 12.1 Å². The number of nitriles is 1. The summed E-state index contributed by atoms with van der Waals surface area (Å²) in [6, 6.07) is 11.2. The molecule has 0 spiro atoms. The Morgan fingerprint density at radius 3 is 2.92 bits per heavy atom. The van der Waals surface area contributed by atoms with Crippen molar-refractivity contribution in [3.8, 4) is 23.1 Å². The van der Waals surface area contributed by atoms with Crippen molar-refractivity contribution < 1.29 is 14.3 Å². The molecule has 1 aromatic heterocycles. The Kier molecular flexibility index (Phi) is 4.82. The van der Waals surface area contributed by atoms with E-state index >= 15 is 0 Å². The summed E-state index contributed by atoms with van der Waals surface area (Å²) in [7, 11) is 0. The van der Waals surface area contributed by atoms with Crippen molar-refractivity contribution in [3.05, 3.63) is 41.5 Å². The number of rotatable bonds is 5. The van der Waals surface area contributed by atoms with Gasteiger partial charge >= 0.3 is 0 Å². The Morgan fingerprint density at radius 1 is 1.44 bits per heavy atom. The van der Waals surface area contributed by atoms with E-state index in [0.29, 0.717) is 35.8 Å². The van der Waals surface area contributed by atoms with Crippen LogP contribution in [0.25, 0.3) is 11.3 Å². The molecule has 25 heavy (non-hydrogen) atoms. The SMILES string of the molecule is N#Cc1c([C@@H]2CCOC2)cc(-c2ccccc2OCC(N)=O)nc1N. The Hall–Kier alpha value is -3.11. The van der Waals surface area contributed by atoms with Crippen LogP contribution in [-0.4, -0.2) is 30.7 Å². The zero-order valence-corrected chi connectivity index (χ0v) is 13.6. The summed E-state index contributed by atoms with van der Waals surface area (Å²) < 4.78 is 10.9. The van der Waals surface area contributed by atoms with Crippen LogP contribution in [0.3, 0.4) is 0 Å². The average molecular weight is 338 g/mol. The summed E-state index contributed by atoms with van der Waals surface area (Å²) >= 11 is 0. The first-order valence-electron chi connectivity index (χ1n) is 7.89. The van der Waals surface area contributed by atoms with Gasteiger partial charge in [-0.2, -0.15) is 5.26 Å². The zero-order chi connectivity index (χ0) is 17.8. The van der Waals surface area contributed by atoms with Gasteiger partial charge in [-0.1, -0.05) is 12.1 Å². The quantitative estimate of drug-likeness (QED) is 0.852. The number of anilines is 1. The number of hydrogen-bond acceptors (Lipinski definition) is 6. The summed E-state index contributed by atoms with van der Waals surface area (Å²) in [5.41, 5.74) is 13.6. The maximum Gasteiger partial charge on any atom is 0.255 e. The van der Waals surface area contributed by atoms with Crippen LogP contribution in [0.1, 0.15) is 23.5 Å². The van der Waals surface area contributed by atoms with E-state index in [9.17, 15) is 10.1 Å². The standard InChI is InChI=1S/C18H18N4O3/c19-8-14-13(11-5-6-24-9-11)7-15(22-18(14)21)12-3-1-2-4-16(12)25-10-17(20)23/h1-4,7,11H,5-6,9-10H2,(H2,20,23)(H2,21,22)/t11-/m1/s1. The molecule has 1 atom stereocenters. The molecule has 128 valence electrons. The van der Waals surface area contributed by atoms with Gasteiger partial charge in [0.15, 0.2) is 6.61 Å². The van der Waals surface area contributed by atoms with Crippen LogP contribution in [-0.2, 0) is 9.53 Å². The normalized spacial score (nSPS) is 16.4. The zero-order valence-electron chi connectivity index (χ0n) is 13.6. The predicted octanol–water partition coefficient (Wildman–Crippen LogP) is 1.57. The Balaban J connectivity index is 2.06. The fourth-order valence-electron chi connectivity index (χ4n) is 2.90. The fourth-order valence-corrected chi connectivity index (χ4v) is 2.90. The van der Waals surface area contributed by atoms with E-state index in [2.05, 4.69) is 11.1 Å². The van der Waals surface area contributed by atoms with Crippen molar-refractivity contribution in [1.82, 2.24) is 4.98 Å². The van der Waals surface area contributed by atoms with Crippen molar-refractivity contribution >= 4 is 11.7 Å². The predicted molar refractivity (Wildman–Crippen MR) is 91.7 cm³/mol. The summed E-state index contributed by atoms with van der Waals surface area (Å²) in [6.07, 6.45) is 0.831. The molecule has 1 aliphatic rings. The fraction of sp³-hybridized carbons (Fsp3) is 0.278. The number of nitrogens with two attached hydrogens (primary N) is 2. The number of hydrogen-bond donors (Lipinski definition) is 2. The molecule has 4 N–H and O–H groups in total. The number of ether oxygens (including phenoxy) is 2. The van der Waals surface area contributed by atoms with Crippen LogP contribution in [0.5, 0.6) is 5.75 Å². The highest BCUT2D eigenvalue weighted by atomic mass is 16.5. The third kappa shape index (κ3) is 3.54. The van der Waals surface area contributed by atoms with Gasteiger partial charge in [0, 0.05) is 18.1 Å². The van der Waals surface area contributed by atoms with Gasteiger partial charge in [-0.3, -0.25) is 4.79 Å². The first-order chi connectivity index (χ1) is 12.1. The van der Waals surface area contributed by atoms with Crippen LogP contribution in [0.2, 0.25) is 0 Å². The highest BCUT2D eigenvalue weighted by Crippen LogP contribution is 2.35. The molecular weight excluding hydrogens is 320 g/mol. The number of nitrogen functional groups attached to an aromatic ring is 1. The molecule has 0 unspecified atom stereocenters. The van der Waals surface area contributed by atoms with Crippen molar-refractivity contribution in [2.75, 3.05) is 25.6 Å². The van der Waals surface area contributed by atoms with Crippen LogP contribution in [0.4, 0.5) is 5.82 Å². The molecule has 1 saturated heterocycles. The van der Waals surface area contributed by atoms with Crippen molar-refractivity contribution in [3.63, 3.8) is 0 Å². The lowest BCUT2D eigenvalue weighted by Crippen LogP contribution is -2.20. The first-order valence-corrected chi connectivity index (χ1v) is 7.89. The molecule has 7 heteroatoms. The van der Waals surface area contributed by atoms with E-state index in [1.807, 2.05) is 18.2 Å². The minimum atomic E-state index is -0.564. The maximum absolute atomic E-state index is 11.0. The minimum Gasteiger partial charge on any atom is -0.483 e. The summed E-state index contributed by atoms with van der Waals surface area (Å²) in [5.74, 6) is 0.196. The van der Waals surface area contributed by atoms with Crippen LogP contribution >= 0.6 is 0 Å². The van der Waals surface area contributed by atoms with E-state index in [-0.39, 0.29) is 18.3 Å². The Labute approximate surface area is 145 Å². The molecule has 0 saturated carbocycles. The molecule has 0 aliphatic carbocycles. The van der Waals surface area contributed by atoms with Gasteiger partial charge < -0.3 is 20.9 Å². The molecule has 3 rings (SSSR count).